The third-order valence-corrected chi connectivity index (χ3v) is 3.07. The van der Waals surface area contributed by atoms with E-state index in [2.05, 4.69) is 4.98 Å². The molecule has 1 amide bonds. The molecule has 1 aromatic heterocycles. The van der Waals surface area contributed by atoms with E-state index in [4.69, 9.17) is 14.3 Å². The lowest BCUT2D eigenvalue weighted by molar-refractivity contribution is -0.141. The van der Waals surface area contributed by atoms with Crippen molar-refractivity contribution >= 4 is 11.9 Å². The third kappa shape index (κ3) is 5.18. The van der Waals surface area contributed by atoms with Crippen LogP contribution in [0, 0.1) is 12.8 Å². The van der Waals surface area contributed by atoms with Crippen molar-refractivity contribution in [2.45, 2.75) is 27.2 Å². The molecule has 0 aliphatic carbocycles. The number of oxazole rings is 1. The minimum Gasteiger partial charge on any atom is -0.481 e. The number of amides is 1. The number of nitrogens with zero attached hydrogens (tertiary/aromatic N) is 2. The molecule has 7 nitrogen and oxygen atoms in total. The van der Waals surface area contributed by atoms with Crippen LogP contribution in [-0.4, -0.2) is 53.2 Å². The Labute approximate surface area is 123 Å². The van der Waals surface area contributed by atoms with Gasteiger partial charge in [-0.15, -0.1) is 0 Å². The van der Waals surface area contributed by atoms with Gasteiger partial charge >= 0.3 is 5.97 Å². The summed E-state index contributed by atoms with van der Waals surface area (Å²) in [5, 5.41) is 9.01. The number of hydrogen-bond donors (Lipinski definition) is 1. The van der Waals surface area contributed by atoms with E-state index in [1.165, 1.54) is 11.3 Å². The monoisotopic (exact) mass is 298 g/mol. The number of hydrogen-bond acceptors (Lipinski definition) is 5. The van der Waals surface area contributed by atoms with Crippen LogP contribution in [-0.2, 0) is 9.53 Å². The highest BCUT2D eigenvalue weighted by Crippen LogP contribution is 2.11. The van der Waals surface area contributed by atoms with Crippen LogP contribution >= 0.6 is 0 Å². The van der Waals surface area contributed by atoms with Crippen LogP contribution in [0.25, 0.3) is 0 Å². The molecule has 0 saturated carbocycles. The Balaban J connectivity index is 2.73. The number of carbonyl (C=O) groups is 2. The van der Waals surface area contributed by atoms with Crippen molar-refractivity contribution in [1.29, 1.82) is 0 Å². The van der Waals surface area contributed by atoms with E-state index in [0.717, 1.165) is 0 Å². The number of ether oxygens (including phenoxy) is 1. The molecule has 1 rings (SSSR count). The van der Waals surface area contributed by atoms with Gasteiger partial charge in [-0.25, -0.2) is 4.98 Å². The zero-order valence-corrected chi connectivity index (χ0v) is 12.7. The third-order valence-electron chi connectivity index (χ3n) is 3.07. The van der Waals surface area contributed by atoms with Gasteiger partial charge in [-0.3, -0.25) is 9.59 Å². The molecule has 0 aliphatic rings. The van der Waals surface area contributed by atoms with Crippen molar-refractivity contribution < 1.29 is 23.8 Å². The minimum absolute atomic E-state index is 0.132. The van der Waals surface area contributed by atoms with Crippen molar-refractivity contribution in [1.82, 2.24) is 9.88 Å². The van der Waals surface area contributed by atoms with Gasteiger partial charge in [0.05, 0.1) is 5.92 Å². The Kier molecular flexibility index (Phi) is 6.87. The Morgan fingerprint density at radius 2 is 2.24 bits per heavy atom. The van der Waals surface area contributed by atoms with E-state index < -0.39 is 11.9 Å². The van der Waals surface area contributed by atoms with E-state index in [0.29, 0.717) is 31.9 Å². The van der Waals surface area contributed by atoms with Gasteiger partial charge in [0.1, 0.15) is 5.76 Å². The molecule has 0 aromatic carbocycles. The summed E-state index contributed by atoms with van der Waals surface area (Å²) in [5.41, 5.74) is 0.226. The largest absolute Gasteiger partial charge is 0.481 e. The maximum atomic E-state index is 12.4. The predicted octanol–water partition coefficient (Wildman–Crippen LogP) is 1.57. The maximum absolute atomic E-state index is 12.4. The van der Waals surface area contributed by atoms with Gasteiger partial charge in [-0.2, -0.15) is 0 Å². The van der Waals surface area contributed by atoms with Gasteiger partial charge in [0.15, 0.2) is 12.1 Å². The highest BCUT2D eigenvalue weighted by Gasteiger charge is 2.24. The number of aromatic nitrogens is 1. The van der Waals surface area contributed by atoms with Gasteiger partial charge in [0, 0.05) is 26.3 Å². The SMILES string of the molecule is CCOCCCN(CC(C)C(=O)O)C(=O)c1ncoc1C. The van der Waals surface area contributed by atoms with Crippen LogP contribution in [0.1, 0.15) is 36.5 Å². The topological polar surface area (TPSA) is 92.9 Å². The lowest BCUT2D eigenvalue weighted by Gasteiger charge is -2.23. The molecule has 1 N–H and O–H groups in total. The smallest absolute Gasteiger partial charge is 0.308 e. The van der Waals surface area contributed by atoms with E-state index in [1.807, 2.05) is 6.92 Å². The van der Waals surface area contributed by atoms with Gasteiger partial charge in [0.2, 0.25) is 0 Å². The summed E-state index contributed by atoms with van der Waals surface area (Å²) in [6.45, 7) is 6.81. The summed E-state index contributed by atoms with van der Waals surface area (Å²) in [5.74, 6) is -1.47. The van der Waals surface area contributed by atoms with Crippen molar-refractivity contribution in [2.24, 2.45) is 5.92 Å². The van der Waals surface area contributed by atoms with Gasteiger partial charge in [-0.05, 0) is 20.3 Å². The highest BCUT2D eigenvalue weighted by molar-refractivity contribution is 5.93. The van der Waals surface area contributed by atoms with Gasteiger partial charge < -0.3 is 19.2 Å². The van der Waals surface area contributed by atoms with Crippen LogP contribution in [0.15, 0.2) is 10.8 Å². The molecule has 1 unspecified atom stereocenters. The molecule has 21 heavy (non-hydrogen) atoms. The summed E-state index contributed by atoms with van der Waals surface area (Å²) in [7, 11) is 0. The second kappa shape index (κ2) is 8.41. The molecule has 1 aromatic rings. The Morgan fingerprint density at radius 3 is 2.76 bits per heavy atom. The Bertz CT molecular complexity index is 472. The number of carbonyl (C=O) groups excluding carboxylic acids is 1. The first-order chi connectivity index (χ1) is 9.97. The molecule has 0 radical (unpaired) electrons. The normalized spacial score (nSPS) is 12.1. The van der Waals surface area contributed by atoms with Gasteiger partial charge in [0.25, 0.3) is 5.91 Å². The molecular weight excluding hydrogens is 276 g/mol. The lowest BCUT2D eigenvalue weighted by Crippen LogP contribution is -2.38. The molecule has 7 heteroatoms. The van der Waals surface area contributed by atoms with Crippen LogP contribution < -0.4 is 0 Å². The number of aryl methyl sites for hydroxylation is 1. The zero-order valence-electron chi connectivity index (χ0n) is 12.7. The van der Waals surface area contributed by atoms with Gasteiger partial charge in [-0.1, -0.05) is 6.92 Å². The molecule has 0 fully saturated rings. The molecule has 1 heterocycles. The second-order valence-corrected chi connectivity index (χ2v) is 4.80. The average molecular weight is 298 g/mol. The highest BCUT2D eigenvalue weighted by atomic mass is 16.5. The molecule has 0 bridgehead atoms. The molecular formula is C14H22N2O5. The summed E-state index contributed by atoms with van der Waals surface area (Å²) < 4.78 is 10.3. The van der Waals surface area contributed by atoms with E-state index in [-0.39, 0.29) is 18.1 Å². The first-order valence-corrected chi connectivity index (χ1v) is 6.97. The van der Waals surface area contributed by atoms with Crippen LogP contribution in [0.2, 0.25) is 0 Å². The second-order valence-electron chi connectivity index (χ2n) is 4.80. The predicted molar refractivity (Wildman–Crippen MR) is 75.1 cm³/mol. The van der Waals surface area contributed by atoms with Crippen LogP contribution in [0.3, 0.4) is 0 Å². The number of rotatable bonds is 9. The average Bonchev–Trinajstić information content (AvgIpc) is 2.87. The fourth-order valence-electron chi connectivity index (χ4n) is 1.85. The molecule has 0 aliphatic heterocycles. The fraction of sp³-hybridized carbons (Fsp3) is 0.643. The van der Waals surface area contributed by atoms with Crippen molar-refractivity contribution in [3.05, 3.63) is 17.8 Å². The quantitative estimate of drug-likeness (QED) is 0.696. The molecule has 0 spiro atoms. The minimum atomic E-state index is -0.936. The summed E-state index contributed by atoms with van der Waals surface area (Å²) >= 11 is 0. The Morgan fingerprint density at radius 1 is 1.52 bits per heavy atom. The Hall–Kier alpha value is -1.89. The fourth-order valence-corrected chi connectivity index (χ4v) is 1.85. The summed E-state index contributed by atoms with van der Waals surface area (Å²) in [6.07, 6.45) is 1.85. The number of aliphatic carboxylic acids is 1. The van der Waals surface area contributed by atoms with Crippen molar-refractivity contribution in [2.75, 3.05) is 26.3 Å². The van der Waals surface area contributed by atoms with Crippen molar-refractivity contribution in [3.8, 4) is 0 Å². The lowest BCUT2D eigenvalue weighted by atomic mass is 10.1. The van der Waals surface area contributed by atoms with Crippen LogP contribution in [0.5, 0.6) is 0 Å². The summed E-state index contributed by atoms with van der Waals surface area (Å²) in [4.78, 5) is 28.8. The zero-order chi connectivity index (χ0) is 15.8. The van der Waals surface area contributed by atoms with E-state index in [9.17, 15) is 9.59 Å². The number of carboxylic acid groups (broad SMARTS) is 1. The standard InChI is InChI=1S/C14H22N2O5/c1-4-20-7-5-6-16(8-10(2)14(18)19)13(17)12-11(3)21-9-15-12/h9-10H,4-8H2,1-3H3,(H,18,19). The molecule has 0 saturated heterocycles. The van der Waals surface area contributed by atoms with E-state index in [1.54, 1.807) is 13.8 Å². The van der Waals surface area contributed by atoms with Crippen LogP contribution in [0.4, 0.5) is 0 Å². The van der Waals surface area contributed by atoms with Crippen molar-refractivity contribution in [3.63, 3.8) is 0 Å². The first kappa shape index (κ1) is 17.2. The summed E-state index contributed by atoms with van der Waals surface area (Å²) in [6, 6.07) is 0. The first-order valence-electron chi connectivity index (χ1n) is 6.97. The number of carboxylic acids is 1. The molecule has 1 atom stereocenters. The maximum Gasteiger partial charge on any atom is 0.308 e. The van der Waals surface area contributed by atoms with E-state index >= 15 is 0 Å². The molecule has 118 valence electrons.